The monoisotopic (exact) mass is 304 g/mol. The number of benzene rings is 1. The Morgan fingerprint density at radius 2 is 2.19 bits per heavy atom. The number of fused-ring (bicyclic) bond motifs is 1. The maximum Gasteiger partial charge on any atom is 0.258 e. The van der Waals surface area contributed by atoms with Gasteiger partial charge in [-0.1, -0.05) is 11.6 Å². The van der Waals surface area contributed by atoms with Crippen LogP contribution in [-0.4, -0.2) is 17.4 Å². The highest BCUT2D eigenvalue weighted by Crippen LogP contribution is 2.34. The molecule has 0 unspecified atom stereocenters. The van der Waals surface area contributed by atoms with Crippen molar-refractivity contribution in [2.45, 2.75) is 19.8 Å². The Hall–Kier alpha value is -1.94. The van der Waals surface area contributed by atoms with E-state index in [0.717, 1.165) is 29.7 Å². The Labute approximate surface area is 127 Å². The van der Waals surface area contributed by atoms with Gasteiger partial charge in [0.2, 0.25) is 5.95 Å². The van der Waals surface area contributed by atoms with Crippen LogP contribution in [0.2, 0.25) is 5.02 Å². The number of carbonyl (C=O) groups excluding carboxylic acids is 1. The molecule has 1 aliphatic rings. The number of halogens is 2. The van der Waals surface area contributed by atoms with Crippen LogP contribution in [0.25, 0.3) is 0 Å². The molecule has 2 aromatic rings. The minimum Gasteiger partial charge on any atom is -0.308 e. The number of aromatic nitrogens is 1. The lowest BCUT2D eigenvalue weighted by atomic mass is 9.97. The van der Waals surface area contributed by atoms with Crippen LogP contribution in [0.5, 0.6) is 0 Å². The van der Waals surface area contributed by atoms with Crippen LogP contribution in [0.15, 0.2) is 30.5 Å². The fourth-order valence-electron chi connectivity index (χ4n) is 2.82. The topological polar surface area (TPSA) is 33.2 Å². The molecule has 0 saturated carbocycles. The number of carbonyl (C=O) groups is 1. The lowest BCUT2D eigenvalue weighted by Crippen LogP contribution is -2.36. The zero-order valence-corrected chi connectivity index (χ0v) is 12.3. The number of aryl methyl sites for hydroxylation is 2. The van der Waals surface area contributed by atoms with E-state index in [-0.39, 0.29) is 5.91 Å². The first-order valence-corrected chi connectivity index (χ1v) is 7.16. The molecule has 0 spiro atoms. The molecular formula is C16H14ClFN2O. The smallest absolute Gasteiger partial charge is 0.258 e. The Morgan fingerprint density at radius 3 is 2.95 bits per heavy atom. The molecule has 1 aromatic carbocycles. The molecule has 2 heterocycles. The van der Waals surface area contributed by atoms with Crippen LogP contribution in [0, 0.1) is 12.9 Å². The molecule has 0 atom stereocenters. The molecule has 0 fully saturated rings. The minimum atomic E-state index is -0.647. The summed E-state index contributed by atoms with van der Waals surface area (Å²) in [5, 5.41) is 0.676. The fraction of sp³-hybridized carbons (Fsp3) is 0.250. The van der Waals surface area contributed by atoms with Crippen molar-refractivity contribution in [3.05, 3.63) is 58.1 Å². The van der Waals surface area contributed by atoms with Crippen molar-refractivity contribution in [2.75, 3.05) is 11.4 Å². The summed E-state index contributed by atoms with van der Waals surface area (Å²) in [5.41, 5.74) is 3.23. The summed E-state index contributed by atoms with van der Waals surface area (Å²) in [6, 6.07) is 6.45. The Balaban J connectivity index is 2.04. The largest absolute Gasteiger partial charge is 0.308 e. The first-order chi connectivity index (χ1) is 10.1. The van der Waals surface area contributed by atoms with Gasteiger partial charge < -0.3 is 4.90 Å². The van der Waals surface area contributed by atoms with E-state index in [1.807, 2.05) is 19.1 Å². The molecule has 0 N–H and O–H groups in total. The highest BCUT2D eigenvalue weighted by Gasteiger charge is 2.25. The summed E-state index contributed by atoms with van der Waals surface area (Å²) in [6.45, 7) is 2.56. The predicted molar refractivity (Wildman–Crippen MR) is 80.4 cm³/mol. The van der Waals surface area contributed by atoms with Crippen LogP contribution >= 0.6 is 11.6 Å². The Bertz CT molecular complexity index is 717. The number of pyridine rings is 1. The van der Waals surface area contributed by atoms with Crippen molar-refractivity contribution in [1.82, 2.24) is 4.98 Å². The molecule has 3 rings (SSSR count). The Morgan fingerprint density at radius 1 is 1.38 bits per heavy atom. The van der Waals surface area contributed by atoms with E-state index in [2.05, 4.69) is 4.98 Å². The van der Waals surface area contributed by atoms with Crippen molar-refractivity contribution in [1.29, 1.82) is 0 Å². The SMILES string of the molecule is Cc1cc(Cl)cc2c1N(C(=O)c1ccnc(F)c1)CCC2. The van der Waals surface area contributed by atoms with E-state index in [4.69, 9.17) is 11.6 Å². The van der Waals surface area contributed by atoms with E-state index >= 15 is 0 Å². The zero-order valence-electron chi connectivity index (χ0n) is 11.6. The van der Waals surface area contributed by atoms with Gasteiger partial charge in [-0.3, -0.25) is 4.79 Å². The third-order valence-electron chi connectivity index (χ3n) is 3.66. The second kappa shape index (κ2) is 5.45. The molecular weight excluding hydrogens is 291 g/mol. The van der Waals surface area contributed by atoms with Gasteiger partial charge in [0.25, 0.3) is 5.91 Å². The third-order valence-corrected chi connectivity index (χ3v) is 3.88. The maximum atomic E-state index is 13.2. The molecule has 3 nitrogen and oxygen atoms in total. The van der Waals surface area contributed by atoms with E-state index in [9.17, 15) is 9.18 Å². The minimum absolute atomic E-state index is 0.206. The second-order valence-corrected chi connectivity index (χ2v) is 5.59. The standard InChI is InChI=1S/C16H14ClFN2O/c1-10-7-13(17)8-11-3-2-6-20(15(10)11)16(21)12-4-5-19-14(18)9-12/h4-5,7-9H,2-3,6H2,1H3. The molecule has 5 heteroatoms. The summed E-state index contributed by atoms with van der Waals surface area (Å²) in [6.07, 6.45) is 3.07. The van der Waals surface area contributed by atoms with E-state index in [1.165, 1.54) is 18.3 Å². The van der Waals surface area contributed by atoms with Gasteiger partial charge in [0, 0.05) is 29.4 Å². The molecule has 0 radical (unpaired) electrons. The normalized spacial score (nSPS) is 14.0. The molecule has 108 valence electrons. The van der Waals surface area contributed by atoms with E-state index < -0.39 is 5.95 Å². The number of rotatable bonds is 1. The molecule has 0 bridgehead atoms. The van der Waals surface area contributed by atoms with Gasteiger partial charge in [0.05, 0.1) is 5.69 Å². The zero-order chi connectivity index (χ0) is 15.0. The van der Waals surface area contributed by atoms with Gasteiger partial charge >= 0.3 is 0 Å². The molecule has 1 aromatic heterocycles. The van der Waals surface area contributed by atoms with Gasteiger partial charge in [-0.15, -0.1) is 0 Å². The van der Waals surface area contributed by atoms with Crippen molar-refractivity contribution in [3.8, 4) is 0 Å². The van der Waals surface area contributed by atoms with Crippen LogP contribution in [0.3, 0.4) is 0 Å². The van der Waals surface area contributed by atoms with Gasteiger partial charge in [0.15, 0.2) is 0 Å². The van der Waals surface area contributed by atoms with Crippen molar-refractivity contribution in [2.24, 2.45) is 0 Å². The molecule has 0 saturated heterocycles. The number of anilines is 1. The first kappa shape index (κ1) is 14.0. The van der Waals surface area contributed by atoms with Crippen molar-refractivity contribution >= 4 is 23.2 Å². The van der Waals surface area contributed by atoms with Crippen molar-refractivity contribution in [3.63, 3.8) is 0 Å². The van der Waals surface area contributed by atoms with Crippen LogP contribution < -0.4 is 4.90 Å². The summed E-state index contributed by atoms with van der Waals surface area (Å²) < 4.78 is 13.2. The summed E-state index contributed by atoms with van der Waals surface area (Å²) in [4.78, 5) is 17.8. The highest BCUT2D eigenvalue weighted by atomic mass is 35.5. The fourth-order valence-corrected chi connectivity index (χ4v) is 3.11. The number of hydrogen-bond donors (Lipinski definition) is 0. The summed E-state index contributed by atoms with van der Waals surface area (Å²) in [5.74, 6) is -0.853. The molecule has 21 heavy (non-hydrogen) atoms. The Kier molecular flexibility index (Phi) is 3.64. The summed E-state index contributed by atoms with van der Waals surface area (Å²) >= 11 is 6.09. The van der Waals surface area contributed by atoms with Gasteiger partial charge in [0.1, 0.15) is 0 Å². The first-order valence-electron chi connectivity index (χ1n) is 6.78. The quantitative estimate of drug-likeness (QED) is 0.751. The number of amides is 1. The van der Waals surface area contributed by atoms with Gasteiger partial charge in [-0.25, -0.2) is 4.98 Å². The molecule has 1 aliphatic heterocycles. The van der Waals surface area contributed by atoms with Crippen LogP contribution in [0.4, 0.5) is 10.1 Å². The van der Waals surface area contributed by atoms with Gasteiger partial charge in [-0.2, -0.15) is 4.39 Å². The molecule has 0 aliphatic carbocycles. The predicted octanol–water partition coefficient (Wildman–Crippen LogP) is 3.78. The highest BCUT2D eigenvalue weighted by molar-refractivity contribution is 6.31. The maximum absolute atomic E-state index is 13.2. The molecule has 1 amide bonds. The average Bonchev–Trinajstić information content (AvgIpc) is 2.45. The summed E-state index contributed by atoms with van der Waals surface area (Å²) in [7, 11) is 0. The lowest BCUT2D eigenvalue weighted by Gasteiger charge is -2.31. The van der Waals surface area contributed by atoms with Crippen LogP contribution in [0.1, 0.15) is 27.9 Å². The average molecular weight is 305 g/mol. The van der Waals surface area contributed by atoms with Crippen LogP contribution in [-0.2, 0) is 6.42 Å². The van der Waals surface area contributed by atoms with Gasteiger partial charge in [-0.05, 0) is 49.1 Å². The van der Waals surface area contributed by atoms with E-state index in [1.54, 1.807) is 4.90 Å². The number of hydrogen-bond acceptors (Lipinski definition) is 2. The number of nitrogens with zero attached hydrogens (tertiary/aromatic N) is 2. The van der Waals surface area contributed by atoms with Crippen molar-refractivity contribution < 1.29 is 9.18 Å². The lowest BCUT2D eigenvalue weighted by molar-refractivity contribution is 0.0984. The second-order valence-electron chi connectivity index (χ2n) is 5.16. The van der Waals surface area contributed by atoms with E-state index in [0.29, 0.717) is 17.1 Å². The third kappa shape index (κ3) is 2.63.